The summed E-state index contributed by atoms with van der Waals surface area (Å²) in [6.45, 7) is 3.27. The lowest BCUT2D eigenvalue weighted by atomic mass is 11.3. The van der Waals surface area contributed by atoms with Gasteiger partial charge in [-0.05, 0) is 0 Å². The second kappa shape index (κ2) is 12.7. The van der Waals surface area contributed by atoms with E-state index in [1.165, 1.54) is 0 Å². The van der Waals surface area contributed by atoms with Crippen LogP contribution in [0.25, 0.3) is 0 Å². The van der Waals surface area contributed by atoms with Crippen LogP contribution >= 0.6 is 0 Å². The van der Waals surface area contributed by atoms with Crippen molar-refractivity contribution in [1.82, 2.24) is 0 Å². The van der Waals surface area contributed by atoms with Crippen molar-refractivity contribution in [3.63, 3.8) is 0 Å². The topological polar surface area (TPSA) is 31.5 Å². The summed E-state index contributed by atoms with van der Waals surface area (Å²) >= 11 is 0. The molecule has 1 nitrogen and oxygen atoms in total. The van der Waals surface area contributed by atoms with Gasteiger partial charge >= 0.3 is 0 Å². The molecule has 0 aromatic rings. The van der Waals surface area contributed by atoms with Crippen LogP contribution in [0, 0.1) is 0 Å². The van der Waals surface area contributed by atoms with Crippen molar-refractivity contribution in [3.8, 4) is 0 Å². The molecule has 0 aliphatic carbocycles. The zero-order valence-electron chi connectivity index (χ0n) is 2.28. The Bertz CT molecular complexity index is 13.5. The van der Waals surface area contributed by atoms with Gasteiger partial charge in [0.15, 0.2) is 0 Å². The minimum Gasteiger partial charge on any atom is -0.412 e. The first-order valence-corrected chi connectivity index (χ1v) is 1.27. The lowest BCUT2D eigenvalue weighted by molar-refractivity contribution is 0.824. The molecule has 0 saturated heterocycles. The third-order valence-electron chi connectivity index (χ3n) is 0. The van der Waals surface area contributed by atoms with E-state index in [1.807, 2.05) is 0 Å². The summed E-state index contributed by atoms with van der Waals surface area (Å²) in [6, 6.07) is 0. The van der Waals surface area contributed by atoms with Crippen molar-refractivity contribution in [2.75, 3.05) is 0 Å². The van der Waals surface area contributed by atoms with Gasteiger partial charge < -0.3 is 5.48 Å². The smallest absolute Gasteiger partial charge is 0.0592 e. The zero-order valence-corrected chi connectivity index (χ0v) is 3.28. The highest BCUT2D eigenvalue weighted by molar-refractivity contribution is 6.16. The van der Waals surface area contributed by atoms with Gasteiger partial charge in [0.2, 0.25) is 0 Å². The van der Waals surface area contributed by atoms with E-state index in [-0.39, 0.29) is 5.48 Å². The van der Waals surface area contributed by atoms with E-state index in [2.05, 4.69) is 16.8 Å². The number of hydrogen-bond acceptors (Lipinski definition) is 0. The Kier molecular flexibility index (Phi) is 28.9. The fraction of sp³-hybridized carbons (Fsp3) is 0. The molecule has 3 radical (unpaired) electrons. The molecular formula is C2H5OSi. The summed E-state index contributed by atoms with van der Waals surface area (Å²) < 4.78 is 0. The highest BCUT2D eigenvalue weighted by atomic mass is 28.1. The maximum absolute atomic E-state index is 3.27. The molecule has 0 rings (SSSR count). The van der Waals surface area contributed by atoms with Crippen LogP contribution in [0.3, 0.4) is 0 Å². The standard InChI is InChI=1S/C2H3Si.H2O/c1-2-3;/h2H,1H2;1H2. The summed E-state index contributed by atoms with van der Waals surface area (Å²) in [4.78, 5) is 0. The number of hydrogen-bond donors (Lipinski definition) is 0. The normalized spacial score (nSPS) is 3.25. The summed E-state index contributed by atoms with van der Waals surface area (Å²) in [5.41, 5.74) is 1.56. The molecule has 0 spiro atoms. The molecule has 0 aliphatic heterocycles. The molecule has 0 amide bonds. The Balaban J connectivity index is 0. The molecular weight excluding hydrogens is 68.1 g/mol. The average Bonchev–Trinajstić information content (AvgIpc) is 0.918. The van der Waals surface area contributed by atoms with Crippen molar-refractivity contribution < 1.29 is 5.48 Å². The summed E-state index contributed by atoms with van der Waals surface area (Å²) in [7, 11) is 2.95. The molecule has 4 heavy (non-hydrogen) atoms. The van der Waals surface area contributed by atoms with Crippen LogP contribution in [0.1, 0.15) is 0 Å². The summed E-state index contributed by atoms with van der Waals surface area (Å²) in [6.07, 6.45) is 0. The summed E-state index contributed by atoms with van der Waals surface area (Å²) in [5, 5.41) is 0. The van der Waals surface area contributed by atoms with Crippen LogP contribution < -0.4 is 0 Å². The Hall–Kier alpha value is -0.0831. The quantitative estimate of drug-likeness (QED) is 0.345. The monoisotopic (exact) mass is 73.0 g/mol. The fourth-order valence-corrected chi connectivity index (χ4v) is 0. The van der Waals surface area contributed by atoms with Gasteiger partial charge in [-0.3, -0.25) is 0 Å². The van der Waals surface area contributed by atoms with E-state index in [0.717, 1.165) is 0 Å². The van der Waals surface area contributed by atoms with Gasteiger partial charge in [0.25, 0.3) is 0 Å². The molecule has 0 bridgehead atoms. The van der Waals surface area contributed by atoms with Gasteiger partial charge in [0.1, 0.15) is 0 Å². The van der Waals surface area contributed by atoms with Crippen LogP contribution in [0.4, 0.5) is 0 Å². The lowest BCUT2D eigenvalue weighted by Crippen LogP contribution is -1.29. The van der Waals surface area contributed by atoms with Gasteiger partial charge in [-0.1, -0.05) is 0 Å². The average molecular weight is 73.1 g/mol. The van der Waals surface area contributed by atoms with Crippen LogP contribution in [0.2, 0.25) is 0 Å². The van der Waals surface area contributed by atoms with E-state index in [4.69, 9.17) is 0 Å². The van der Waals surface area contributed by atoms with Gasteiger partial charge in [-0.15, -0.1) is 12.3 Å². The lowest BCUT2D eigenvalue weighted by Gasteiger charge is -1.28. The highest BCUT2D eigenvalue weighted by Gasteiger charge is 1.18. The molecule has 2 heteroatoms. The predicted octanol–water partition coefficient (Wildman–Crippen LogP) is -0.526. The van der Waals surface area contributed by atoms with Gasteiger partial charge in [-0.2, -0.15) is 0 Å². The largest absolute Gasteiger partial charge is 0.412 e. The predicted molar refractivity (Wildman–Crippen MR) is 19.6 cm³/mol. The maximum atomic E-state index is 3.27. The third-order valence-corrected chi connectivity index (χ3v) is 0. The fourth-order valence-electron chi connectivity index (χ4n) is 0. The Labute approximate surface area is 29.1 Å². The van der Waals surface area contributed by atoms with E-state index in [9.17, 15) is 0 Å². The molecule has 23 valence electrons. The van der Waals surface area contributed by atoms with E-state index in [1.54, 1.807) is 5.70 Å². The Morgan fingerprint density at radius 1 is 1.75 bits per heavy atom. The van der Waals surface area contributed by atoms with Crippen LogP contribution in [0.5, 0.6) is 0 Å². The van der Waals surface area contributed by atoms with Crippen molar-refractivity contribution in [1.29, 1.82) is 0 Å². The second-order valence-electron chi connectivity index (χ2n) is 0.204. The van der Waals surface area contributed by atoms with Crippen LogP contribution in [0.15, 0.2) is 12.3 Å². The molecule has 0 heterocycles. The van der Waals surface area contributed by atoms with E-state index >= 15 is 0 Å². The van der Waals surface area contributed by atoms with Crippen LogP contribution in [-0.2, 0) is 0 Å². The summed E-state index contributed by atoms with van der Waals surface area (Å²) in [5.74, 6) is 0. The maximum Gasteiger partial charge on any atom is 0.0592 e. The van der Waals surface area contributed by atoms with Gasteiger partial charge in [0.05, 0.1) is 10.2 Å². The van der Waals surface area contributed by atoms with E-state index in [0.29, 0.717) is 0 Å². The molecule has 0 unspecified atom stereocenters. The molecule has 0 fully saturated rings. The minimum atomic E-state index is 0. The van der Waals surface area contributed by atoms with Crippen molar-refractivity contribution in [2.24, 2.45) is 0 Å². The molecule has 0 aliphatic rings. The molecule has 0 aromatic heterocycles. The molecule has 0 saturated carbocycles. The number of rotatable bonds is 0. The van der Waals surface area contributed by atoms with Gasteiger partial charge in [-0.25, -0.2) is 0 Å². The van der Waals surface area contributed by atoms with E-state index < -0.39 is 0 Å². The first-order valence-electron chi connectivity index (χ1n) is 0.697. The molecule has 0 aromatic carbocycles. The highest BCUT2D eigenvalue weighted by Crippen LogP contribution is 1.24. The first-order chi connectivity index (χ1) is 1.41. The van der Waals surface area contributed by atoms with Crippen molar-refractivity contribution >= 4 is 10.2 Å². The Morgan fingerprint density at radius 3 is 1.75 bits per heavy atom. The second-order valence-corrected chi connectivity index (χ2v) is 0.612. The minimum absolute atomic E-state index is 0. The molecule has 2 N–H and O–H groups in total. The van der Waals surface area contributed by atoms with Gasteiger partial charge in [0, 0.05) is 0 Å². The third kappa shape index (κ3) is 233. The Morgan fingerprint density at radius 2 is 1.75 bits per heavy atom. The SMILES string of the molecule is C=C[Si].O. The zero-order chi connectivity index (χ0) is 2.71. The van der Waals surface area contributed by atoms with Crippen LogP contribution in [-0.4, -0.2) is 15.7 Å². The van der Waals surface area contributed by atoms with Crippen molar-refractivity contribution in [2.45, 2.75) is 0 Å². The molecule has 0 atom stereocenters. The van der Waals surface area contributed by atoms with Crippen molar-refractivity contribution in [3.05, 3.63) is 12.3 Å². The first kappa shape index (κ1) is 9.07.